The summed E-state index contributed by atoms with van der Waals surface area (Å²) >= 11 is 5.37. The first kappa shape index (κ1) is 16.1. The van der Waals surface area contributed by atoms with Crippen LogP contribution in [-0.2, 0) is 4.79 Å². The number of benzene rings is 1. The lowest BCUT2D eigenvalue weighted by Gasteiger charge is -2.08. The molecule has 0 saturated carbocycles. The van der Waals surface area contributed by atoms with Gasteiger partial charge in [0.2, 0.25) is 0 Å². The van der Waals surface area contributed by atoms with Crippen LogP contribution in [0.3, 0.4) is 0 Å². The van der Waals surface area contributed by atoms with Crippen molar-refractivity contribution >= 4 is 74.2 Å². The molecule has 1 aromatic rings. The minimum Gasteiger partial charge on any atom is -0.495 e. The SMILES string of the molecule is CCN1C(=O)S/C(=C/c2cc(I)c(OC)c(I)c2)C1=O. The maximum Gasteiger partial charge on any atom is 0.293 e. The third-order valence-corrected chi connectivity index (χ3v) is 5.22. The minimum absolute atomic E-state index is 0.207. The number of ether oxygens (including phenoxy) is 1. The zero-order valence-electron chi connectivity index (χ0n) is 10.8. The van der Waals surface area contributed by atoms with Crippen molar-refractivity contribution in [2.24, 2.45) is 0 Å². The Morgan fingerprint density at radius 3 is 2.35 bits per heavy atom. The second-order valence-electron chi connectivity index (χ2n) is 3.94. The van der Waals surface area contributed by atoms with E-state index >= 15 is 0 Å². The molecule has 2 amide bonds. The molecule has 1 aromatic carbocycles. The van der Waals surface area contributed by atoms with Crippen molar-refractivity contribution in [2.45, 2.75) is 6.92 Å². The van der Waals surface area contributed by atoms with Gasteiger partial charge in [0.15, 0.2) is 0 Å². The third-order valence-electron chi connectivity index (χ3n) is 2.71. The zero-order chi connectivity index (χ0) is 14.9. The average molecular weight is 515 g/mol. The fourth-order valence-electron chi connectivity index (χ4n) is 1.78. The van der Waals surface area contributed by atoms with Crippen LogP contribution in [0.15, 0.2) is 17.0 Å². The van der Waals surface area contributed by atoms with Crippen LogP contribution in [0.4, 0.5) is 4.79 Å². The van der Waals surface area contributed by atoms with Gasteiger partial charge in [-0.2, -0.15) is 0 Å². The number of imide groups is 1. The molecule has 4 nitrogen and oxygen atoms in total. The number of halogens is 2. The summed E-state index contributed by atoms with van der Waals surface area (Å²) in [6, 6.07) is 3.86. The van der Waals surface area contributed by atoms with Crippen molar-refractivity contribution in [1.29, 1.82) is 0 Å². The van der Waals surface area contributed by atoms with Crippen LogP contribution < -0.4 is 4.74 Å². The second-order valence-corrected chi connectivity index (χ2v) is 7.26. The highest BCUT2D eigenvalue weighted by Gasteiger charge is 2.33. The van der Waals surface area contributed by atoms with Gasteiger partial charge in [0.1, 0.15) is 5.75 Å². The standard InChI is InChI=1S/C13H11I2NO3S/c1-3-16-12(17)10(20-13(16)18)6-7-4-8(14)11(19-2)9(15)5-7/h4-6H,3H2,1-2H3/b10-6+. The van der Waals surface area contributed by atoms with Gasteiger partial charge in [-0.05, 0) is 87.6 Å². The maximum absolute atomic E-state index is 12.0. The summed E-state index contributed by atoms with van der Waals surface area (Å²) in [5.41, 5.74) is 0.890. The monoisotopic (exact) mass is 515 g/mol. The topological polar surface area (TPSA) is 46.6 Å². The zero-order valence-corrected chi connectivity index (χ0v) is 15.9. The van der Waals surface area contributed by atoms with E-state index in [-0.39, 0.29) is 11.1 Å². The van der Waals surface area contributed by atoms with Crippen molar-refractivity contribution in [3.8, 4) is 5.75 Å². The average Bonchev–Trinajstić information content (AvgIpc) is 2.63. The number of thioether (sulfide) groups is 1. The van der Waals surface area contributed by atoms with E-state index in [4.69, 9.17) is 4.74 Å². The summed E-state index contributed by atoms with van der Waals surface area (Å²) in [6.45, 7) is 2.19. The second kappa shape index (κ2) is 6.65. The highest BCUT2D eigenvalue weighted by molar-refractivity contribution is 14.1. The van der Waals surface area contributed by atoms with Crippen LogP contribution in [0.25, 0.3) is 6.08 Å². The van der Waals surface area contributed by atoms with Gasteiger partial charge in [-0.15, -0.1) is 0 Å². The quantitative estimate of drug-likeness (QED) is 0.452. The van der Waals surface area contributed by atoms with Crippen molar-refractivity contribution in [1.82, 2.24) is 4.90 Å². The van der Waals surface area contributed by atoms with Crippen LogP contribution in [-0.4, -0.2) is 29.7 Å². The Labute approximate surface area is 148 Å². The molecule has 1 fully saturated rings. The molecule has 0 spiro atoms. The van der Waals surface area contributed by atoms with E-state index in [1.807, 2.05) is 12.1 Å². The van der Waals surface area contributed by atoms with E-state index < -0.39 is 0 Å². The van der Waals surface area contributed by atoms with Crippen molar-refractivity contribution in [3.05, 3.63) is 29.7 Å². The molecule has 20 heavy (non-hydrogen) atoms. The number of methoxy groups -OCH3 is 1. The van der Waals surface area contributed by atoms with Crippen LogP contribution in [0.1, 0.15) is 12.5 Å². The number of nitrogens with zero attached hydrogens (tertiary/aromatic N) is 1. The molecule has 7 heteroatoms. The first-order valence-corrected chi connectivity index (χ1v) is 8.73. The van der Waals surface area contributed by atoms with Crippen molar-refractivity contribution < 1.29 is 14.3 Å². The predicted octanol–water partition coefficient (Wildman–Crippen LogP) is 3.96. The van der Waals surface area contributed by atoms with Gasteiger partial charge in [0.25, 0.3) is 11.1 Å². The lowest BCUT2D eigenvalue weighted by atomic mass is 10.2. The van der Waals surface area contributed by atoms with E-state index in [0.717, 1.165) is 30.2 Å². The Balaban J connectivity index is 2.37. The number of carbonyl (C=O) groups is 2. The third kappa shape index (κ3) is 3.14. The lowest BCUT2D eigenvalue weighted by Crippen LogP contribution is -2.27. The molecule has 106 valence electrons. The first-order chi connectivity index (χ1) is 9.47. The molecule has 1 aliphatic rings. The Hall–Kier alpha value is -0.290. The lowest BCUT2D eigenvalue weighted by molar-refractivity contribution is -0.122. The minimum atomic E-state index is -0.219. The number of rotatable bonds is 3. The van der Waals surface area contributed by atoms with Gasteiger partial charge in [-0.3, -0.25) is 14.5 Å². The van der Waals surface area contributed by atoms with Gasteiger partial charge >= 0.3 is 0 Å². The number of carbonyl (C=O) groups excluding carboxylic acids is 2. The summed E-state index contributed by atoms with van der Waals surface area (Å²) < 4.78 is 7.24. The fraction of sp³-hybridized carbons (Fsp3) is 0.231. The molecule has 0 bridgehead atoms. The molecule has 1 heterocycles. The molecule has 1 aliphatic heterocycles. The van der Waals surface area contributed by atoms with Gasteiger partial charge in [0, 0.05) is 6.54 Å². The van der Waals surface area contributed by atoms with Gasteiger partial charge in [-0.25, -0.2) is 0 Å². The van der Waals surface area contributed by atoms with Crippen LogP contribution >= 0.6 is 56.9 Å². The number of likely N-dealkylation sites (N-methyl/N-ethyl adjacent to an activating group) is 1. The molecule has 0 radical (unpaired) electrons. The summed E-state index contributed by atoms with van der Waals surface area (Å²) in [6.07, 6.45) is 1.75. The van der Waals surface area contributed by atoms with Crippen LogP contribution in [0, 0.1) is 7.14 Å². The summed E-state index contributed by atoms with van der Waals surface area (Å²) in [4.78, 5) is 25.4. The van der Waals surface area contributed by atoms with Crippen molar-refractivity contribution in [3.63, 3.8) is 0 Å². The van der Waals surface area contributed by atoms with Gasteiger partial charge < -0.3 is 4.74 Å². The first-order valence-electron chi connectivity index (χ1n) is 5.76. The van der Waals surface area contributed by atoms with E-state index in [1.165, 1.54) is 4.90 Å². The number of hydrogen-bond donors (Lipinski definition) is 0. The largest absolute Gasteiger partial charge is 0.495 e. The summed E-state index contributed by atoms with van der Waals surface area (Å²) in [5.74, 6) is 0.605. The normalized spacial score (nSPS) is 17.2. The number of amides is 2. The molecule has 1 saturated heterocycles. The molecule has 0 aromatic heterocycles. The summed E-state index contributed by atoms with van der Waals surface area (Å²) in [7, 11) is 1.63. The van der Waals surface area contributed by atoms with E-state index in [9.17, 15) is 9.59 Å². The van der Waals surface area contributed by atoms with E-state index in [2.05, 4.69) is 45.2 Å². The van der Waals surface area contributed by atoms with E-state index in [1.54, 1.807) is 20.1 Å². The molecular weight excluding hydrogens is 504 g/mol. The Kier molecular flexibility index (Phi) is 5.35. The predicted molar refractivity (Wildman–Crippen MR) is 96.8 cm³/mol. The smallest absolute Gasteiger partial charge is 0.293 e. The van der Waals surface area contributed by atoms with E-state index in [0.29, 0.717) is 11.4 Å². The molecular formula is C13H11I2NO3S. The molecule has 0 N–H and O–H groups in total. The Bertz CT molecular complexity index is 593. The summed E-state index contributed by atoms with van der Waals surface area (Å²) in [5, 5.41) is -0.207. The Morgan fingerprint density at radius 1 is 1.30 bits per heavy atom. The van der Waals surface area contributed by atoms with Gasteiger partial charge in [-0.1, -0.05) is 0 Å². The van der Waals surface area contributed by atoms with Crippen molar-refractivity contribution in [2.75, 3.05) is 13.7 Å². The van der Waals surface area contributed by atoms with Crippen LogP contribution in [0.5, 0.6) is 5.75 Å². The Morgan fingerprint density at radius 2 is 1.90 bits per heavy atom. The van der Waals surface area contributed by atoms with Crippen LogP contribution in [0.2, 0.25) is 0 Å². The molecule has 0 atom stereocenters. The number of hydrogen-bond acceptors (Lipinski definition) is 4. The highest BCUT2D eigenvalue weighted by atomic mass is 127. The fourth-order valence-corrected chi connectivity index (χ4v) is 4.94. The molecule has 0 aliphatic carbocycles. The molecule has 2 rings (SSSR count). The maximum atomic E-state index is 12.0. The van der Waals surface area contributed by atoms with Gasteiger partial charge in [0.05, 0.1) is 19.2 Å². The highest BCUT2D eigenvalue weighted by Crippen LogP contribution is 2.34. The molecule has 0 unspecified atom stereocenters.